The normalized spacial score (nSPS) is 10.1. The number of ether oxygens (including phenoxy) is 2. The molecule has 0 unspecified atom stereocenters. The van der Waals surface area contributed by atoms with E-state index in [0.29, 0.717) is 22.7 Å². The van der Waals surface area contributed by atoms with Gasteiger partial charge in [0.05, 0.1) is 19.9 Å². The van der Waals surface area contributed by atoms with Crippen molar-refractivity contribution in [2.24, 2.45) is 0 Å². The Balaban J connectivity index is 2.02. The summed E-state index contributed by atoms with van der Waals surface area (Å²) in [6, 6.07) is 8.60. The summed E-state index contributed by atoms with van der Waals surface area (Å²) in [5.41, 5.74) is 1.08. The van der Waals surface area contributed by atoms with Gasteiger partial charge in [0.25, 0.3) is 0 Å². The minimum absolute atomic E-state index is 0.164. The predicted octanol–water partition coefficient (Wildman–Crippen LogP) is 3.82. The lowest BCUT2D eigenvalue weighted by molar-refractivity contribution is 0.251. The summed E-state index contributed by atoms with van der Waals surface area (Å²) in [5.74, 6) is 0.660. The number of benzene rings is 2. The number of anilines is 1. The quantitative estimate of drug-likeness (QED) is 0.871. The van der Waals surface area contributed by atoms with Crippen LogP contribution in [0.5, 0.6) is 11.5 Å². The van der Waals surface area contributed by atoms with E-state index in [1.54, 1.807) is 18.2 Å². The summed E-state index contributed by atoms with van der Waals surface area (Å²) < 4.78 is 23.3. The van der Waals surface area contributed by atoms with Gasteiger partial charge in [-0.05, 0) is 29.8 Å². The molecule has 0 aromatic heterocycles. The molecule has 2 aromatic carbocycles. The van der Waals surface area contributed by atoms with Gasteiger partial charge in [-0.3, -0.25) is 0 Å². The van der Waals surface area contributed by atoms with Crippen molar-refractivity contribution in [2.45, 2.75) is 6.54 Å². The molecule has 5 nitrogen and oxygen atoms in total. The number of urea groups is 1. The van der Waals surface area contributed by atoms with E-state index in [4.69, 9.17) is 21.1 Å². The van der Waals surface area contributed by atoms with Crippen molar-refractivity contribution in [2.75, 3.05) is 19.5 Å². The zero-order valence-corrected chi connectivity index (χ0v) is 13.4. The molecule has 0 aliphatic carbocycles. The molecule has 0 aliphatic rings. The van der Waals surface area contributed by atoms with Crippen molar-refractivity contribution in [3.8, 4) is 11.5 Å². The summed E-state index contributed by atoms with van der Waals surface area (Å²) in [7, 11) is 3.03. The first kappa shape index (κ1) is 16.9. The largest absolute Gasteiger partial charge is 0.497 e. The fraction of sp³-hybridized carbons (Fsp3) is 0.188. The first-order valence-corrected chi connectivity index (χ1v) is 7.12. The molecule has 122 valence electrons. The lowest BCUT2D eigenvalue weighted by Gasteiger charge is -2.13. The molecule has 0 fully saturated rings. The van der Waals surface area contributed by atoms with E-state index < -0.39 is 11.8 Å². The first-order valence-electron chi connectivity index (χ1n) is 6.74. The van der Waals surface area contributed by atoms with E-state index in [2.05, 4.69) is 10.6 Å². The lowest BCUT2D eigenvalue weighted by Crippen LogP contribution is -2.28. The first-order chi connectivity index (χ1) is 11.0. The number of hydrogen-bond donors (Lipinski definition) is 2. The van der Waals surface area contributed by atoms with Crippen LogP contribution in [0.2, 0.25) is 5.02 Å². The molecule has 0 saturated carbocycles. The molecule has 0 bridgehead atoms. The highest BCUT2D eigenvalue weighted by Crippen LogP contribution is 2.28. The second-order valence-electron chi connectivity index (χ2n) is 4.61. The maximum Gasteiger partial charge on any atom is 0.319 e. The molecule has 0 saturated heterocycles. The van der Waals surface area contributed by atoms with Gasteiger partial charge in [0.2, 0.25) is 0 Å². The van der Waals surface area contributed by atoms with Crippen LogP contribution in [-0.2, 0) is 6.54 Å². The summed E-state index contributed by atoms with van der Waals surface area (Å²) in [6.45, 7) is 0.164. The Hall–Kier alpha value is -2.47. The third-order valence-corrected chi connectivity index (χ3v) is 3.46. The Kier molecular flexibility index (Phi) is 5.65. The monoisotopic (exact) mass is 338 g/mol. The number of carbonyl (C=O) groups is 1. The zero-order chi connectivity index (χ0) is 16.8. The van der Waals surface area contributed by atoms with E-state index in [1.807, 2.05) is 0 Å². The third kappa shape index (κ3) is 4.50. The molecule has 2 amide bonds. The van der Waals surface area contributed by atoms with Gasteiger partial charge in [-0.2, -0.15) is 0 Å². The fourth-order valence-electron chi connectivity index (χ4n) is 1.92. The molecule has 0 atom stereocenters. The molecule has 0 aliphatic heterocycles. The predicted molar refractivity (Wildman–Crippen MR) is 86.8 cm³/mol. The van der Waals surface area contributed by atoms with Crippen LogP contribution in [0.4, 0.5) is 14.9 Å². The molecule has 2 rings (SSSR count). The Bertz CT molecular complexity index is 710. The fourth-order valence-corrected chi connectivity index (χ4v) is 2.15. The Morgan fingerprint density at radius 2 is 1.96 bits per heavy atom. The van der Waals surface area contributed by atoms with E-state index in [1.165, 1.54) is 32.4 Å². The minimum atomic E-state index is -0.447. The van der Waals surface area contributed by atoms with Crippen LogP contribution in [0.25, 0.3) is 0 Å². The van der Waals surface area contributed by atoms with Crippen LogP contribution < -0.4 is 20.1 Å². The van der Waals surface area contributed by atoms with Crippen LogP contribution >= 0.6 is 11.6 Å². The van der Waals surface area contributed by atoms with E-state index in [9.17, 15) is 9.18 Å². The molecule has 23 heavy (non-hydrogen) atoms. The van der Waals surface area contributed by atoms with Gasteiger partial charge in [0.15, 0.2) is 0 Å². The molecule has 0 radical (unpaired) electrons. The SMILES string of the molecule is COc1ccc(OC)c(NC(=O)NCc2ccc(F)cc2Cl)c1. The van der Waals surface area contributed by atoms with Gasteiger partial charge in [-0.15, -0.1) is 0 Å². The van der Waals surface area contributed by atoms with Crippen LogP contribution in [0.15, 0.2) is 36.4 Å². The molecular weight excluding hydrogens is 323 g/mol. The summed E-state index contributed by atoms with van der Waals surface area (Å²) in [5, 5.41) is 5.56. The van der Waals surface area contributed by atoms with E-state index in [0.717, 1.165) is 0 Å². The molecular formula is C16H16ClFN2O3. The van der Waals surface area contributed by atoms with Crippen LogP contribution in [-0.4, -0.2) is 20.3 Å². The lowest BCUT2D eigenvalue weighted by atomic mass is 10.2. The number of hydrogen-bond acceptors (Lipinski definition) is 3. The van der Waals surface area contributed by atoms with Crippen molar-refractivity contribution >= 4 is 23.3 Å². The average Bonchev–Trinajstić information content (AvgIpc) is 2.54. The molecule has 2 aromatic rings. The molecule has 0 heterocycles. The molecule has 0 spiro atoms. The maximum absolute atomic E-state index is 13.0. The standard InChI is InChI=1S/C16H16ClFN2O3/c1-22-12-5-6-15(23-2)14(8-12)20-16(21)19-9-10-3-4-11(18)7-13(10)17/h3-8H,9H2,1-2H3,(H2,19,20,21). The summed E-state index contributed by atoms with van der Waals surface area (Å²) >= 11 is 5.91. The second-order valence-corrected chi connectivity index (χ2v) is 5.02. The Morgan fingerprint density at radius 3 is 2.61 bits per heavy atom. The number of halogens is 2. The Morgan fingerprint density at radius 1 is 1.17 bits per heavy atom. The second kappa shape index (κ2) is 7.69. The topological polar surface area (TPSA) is 59.6 Å². The van der Waals surface area contributed by atoms with Crippen molar-refractivity contribution in [3.05, 3.63) is 52.8 Å². The summed E-state index contributed by atoms with van der Waals surface area (Å²) in [4.78, 5) is 12.0. The van der Waals surface area contributed by atoms with Gasteiger partial charge < -0.3 is 20.1 Å². The van der Waals surface area contributed by atoms with Crippen molar-refractivity contribution < 1.29 is 18.7 Å². The maximum atomic E-state index is 13.0. The number of amides is 2. The zero-order valence-electron chi connectivity index (χ0n) is 12.7. The van der Waals surface area contributed by atoms with Gasteiger partial charge in [0.1, 0.15) is 17.3 Å². The van der Waals surface area contributed by atoms with Crippen molar-refractivity contribution in [1.82, 2.24) is 5.32 Å². The van der Waals surface area contributed by atoms with Crippen LogP contribution in [0, 0.1) is 5.82 Å². The van der Waals surface area contributed by atoms with Crippen LogP contribution in [0.1, 0.15) is 5.56 Å². The van der Waals surface area contributed by atoms with Gasteiger partial charge in [-0.1, -0.05) is 17.7 Å². The van der Waals surface area contributed by atoms with Gasteiger partial charge in [0, 0.05) is 17.6 Å². The molecule has 2 N–H and O–H groups in total. The molecule has 7 heteroatoms. The summed E-state index contributed by atoms with van der Waals surface area (Å²) in [6.07, 6.45) is 0. The highest BCUT2D eigenvalue weighted by atomic mass is 35.5. The highest BCUT2D eigenvalue weighted by Gasteiger charge is 2.10. The number of nitrogens with one attached hydrogen (secondary N) is 2. The number of carbonyl (C=O) groups excluding carboxylic acids is 1. The van der Waals surface area contributed by atoms with E-state index >= 15 is 0 Å². The minimum Gasteiger partial charge on any atom is -0.497 e. The van der Waals surface area contributed by atoms with Gasteiger partial charge in [-0.25, -0.2) is 9.18 Å². The average molecular weight is 339 g/mol. The van der Waals surface area contributed by atoms with Crippen molar-refractivity contribution in [3.63, 3.8) is 0 Å². The highest BCUT2D eigenvalue weighted by molar-refractivity contribution is 6.31. The number of rotatable bonds is 5. The smallest absolute Gasteiger partial charge is 0.319 e. The van der Waals surface area contributed by atoms with Gasteiger partial charge >= 0.3 is 6.03 Å². The van der Waals surface area contributed by atoms with Crippen LogP contribution in [0.3, 0.4) is 0 Å². The van der Waals surface area contributed by atoms with E-state index in [-0.39, 0.29) is 11.6 Å². The third-order valence-electron chi connectivity index (χ3n) is 3.11. The number of methoxy groups -OCH3 is 2. The van der Waals surface area contributed by atoms with Crippen molar-refractivity contribution in [1.29, 1.82) is 0 Å². The Labute approximate surface area is 138 Å².